The molecule has 1 heterocycles. The average molecular weight is 290 g/mol. The second kappa shape index (κ2) is 5.22. The summed E-state index contributed by atoms with van der Waals surface area (Å²) in [5.74, 6) is -0.949. The van der Waals surface area contributed by atoms with Crippen molar-refractivity contribution >= 4 is 17.3 Å². The Bertz CT molecular complexity index is 554. The first kappa shape index (κ1) is 14.2. The Hall–Kier alpha value is -1.75. The van der Waals surface area contributed by atoms with Gasteiger partial charge in [-0.05, 0) is 50.3 Å². The molecule has 1 saturated heterocycles. The molecule has 1 atom stereocenters. The molecule has 2 aliphatic rings. The minimum atomic E-state index is -0.949. The quantitative estimate of drug-likeness (QED) is 0.837. The summed E-state index contributed by atoms with van der Waals surface area (Å²) in [7, 11) is 2.04. The van der Waals surface area contributed by atoms with Gasteiger partial charge in [-0.2, -0.15) is 0 Å². The highest BCUT2D eigenvalue weighted by Gasteiger charge is 2.43. The SMILES string of the molecule is CN(c1ccc(C(=O)O)cc1N)C1CCOC2(CCC2)C1. The van der Waals surface area contributed by atoms with E-state index in [1.807, 2.05) is 13.1 Å². The van der Waals surface area contributed by atoms with Crippen LogP contribution in [0.1, 0.15) is 42.5 Å². The van der Waals surface area contributed by atoms with Crippen LogP contribution in [-0.2, 0) is 4.74 Å². The summed E-state index contributed by atoms with van der Waals surface area (Å²) >= 11 is 0. The molecule has 1 saturated carbocycles. The van der Waals surface area contributed by atoms with Gasteiger partial charge in [-0.1, -0.05) is 0 Å². The van der Waals surface area contributed by atoms with Gasteiger partial charge >= 0.3 is 5.97 Å². The molecular weight excluding hydrogens is 268 g/mol. The van der Waals surface area contributed by atoms with Crippen molar-refractivity contribution in [3.8, 4) is 0 Å². The number of hydrogen-bond donors (Lipinski definition) is 2. The molecule has 5 nitrogen and oxygen atoms in total. The van der Waals surface area contributed by atoms with Gasteiger partial charge in [0.2, 0.25) is 0 Å². The zero-order chi connectivity index (χ0) is 15.0. The van der Waals surface area contributed by atoms with Gasteiger partial charge in [-0.3, -0.25) is 0 Å². The lowest BCUT2D eigenvalue weighted by atomic mass is 9.73. The fraction of sp³-hybridized carbons (Fsp3) is 0.562. The predicted molar refractivity (Wildman–Crippen MR) is 81.8 cm³/mol. The van der Waals surface area contributed by atoms with E-state index in [1.165, 1.54) is 12.5 Å². The first-order valence-electron chi connectivity index (χ1n) is 7.50. The molecule has 1 aromatic carbocycles. The minimum absolute atomic E-state index is 0.0902. The van der Waals surface area contributed by atoms with Crippen molar-refractivity contribution < 1.29 is 14.6 Å². The third-order valence-corrected chi connectivity index (χ3v) is 4.93. The van der Waals surface area contributed by atoms with Crippen molar-refractivity contribution in [1.82, 2.24) is 0 Å². The number of anilines is 2. The van der Waals surface area contributed by atoms with Crippen molar-refractivity contribution in [2.45, 2.75) is 43.7 Å². The number of ether oxygens (including phenoxy) is 1. The highest BCUT2D eigenvalue weighted by Crippen LogP contribution is 2.44. The first-order valence-corrected chi connectivity index (χ1v) is 7.50. The number of benzene rings is 1. The molecular formula is C16H22N2O3. The summed E-state index contributed by atoms with van der Waals surface area (Å²) < 4.78 is 5.96. The number of nitrogens with zero attached hydrogens (tertiary/aromatic N) is 1. The number of carboxylic acids is 1. The second-order valence-electron chi connectivity index (χ2n) is 6.22. The standard InChI is InChI=1S/C16H22N2O3/c1-18(12-5-8-21-16(10-12)6-2-7-16)14-4-3-11(15(19)20)9-13(14)17/h3-4,9,12H,2,5-8,10,17H2,1H3,(H,19,20). The van der Waals surface area contributed by atoms with Gasteiger partial charge < -0.3 is 20.5 Å². The van der Waals surface area contributed by atoms with Gasteiger partial charge in [0.05, 0.1) is 22.5 Å². The van der Waals surface area contributed by atoms with Crippen LogP contribution in [-0.4, -0.2) is 36.4 Å². The van der Waals surface area contributed by atoms with E-state index in [1.54, 1.807) is 6.07 Å². The Morgan fingerprint density at radius 3 is 2.81 bits per heavy atom. The lowest BCUT2D eigenvalue weighted by Gasteiger charge is -2.49. The number of rotatable bonds is 3. The van der Waals surface area contributed by atoms with E-state index in [2.05, 4.69) is 4.90 Å². The molecule has 3 N–H and O–H groups in total. The molecule has 1 spiro atoms. The minimum Gasteiger partial charge on any atom is -0.478 e. The molecule has 0 radical (unpaired) electrons. The molecule has 1 aromatic rings. The molecule has 1 aliphatic heterocycles. The maximum Gasteiger partial charge on any atom is 0.335 e. The second-order valence-corrected chi connectivity index (χ2v) is 6.22. The summed E-state index contributed by atoms with van der Waals surface area (Å²) in [6.07, 6.45) is 5.59. The number of aromatic carboxylic acids is 1. The van der Waals surface area contributed by atoms with Crippen LogP contribution in [0.5, 0.6) is 0 Å². The summed E-state index contributed by atoms with van der Waals surface area (Å²) in [6.45, 7) is 0.794. The van der Waals surface area contributed by atoms with Gasteiger partial charge in [-0.15, -0.1) is 0 Å². The van der Waals surface area contributed by atoms with Gasteiger partial charge in [-0.25, -0.2) is 4.79 Å². The van der Waals surface area contributed by atoms with E-state index in [9.17, 15) is 4.79 Å². The van der Waals surface area contributed by atoms with Crippen LogP contribution in [0.25, 0.3) is 0 Å². The molecule has 1 unspecified atom stereocenters. The van der Waals surface area contributed by atoms with Crippen LogP contribution in [0.3, 0.4) is 0 Å². The average Bonchev–Trinajstić information content (AvgIpc) is 2.45. The zero-order valence-electron chi connectivity index (χ0n) is 12.3. The maximum atomic E-state index is 11.0. The molecule has 5 heteroatoms. The molecule has 3 rings (SSSR count). The van der Waals surface area contributed by atoms with E-state index in [0.717, 1.165) is 38.0 Å². The summed E-state index contributed by atoms with van der Waals surface area (Å²) in [4.78, 5) is 13.2. The highest BCUT2D eigenvalue weighted by atomic mass is 16.5. The fourth-order valence-electron chi connectivity index (χ4n) is 3.46. The van der Waals surface area contributed by atoms with Crippen molar-refractivity contribution in [2.24, 2.45) is 0 Å². The lowest BCUT2D eigenvalue weighted by molar-refractivity contribution is -0.132. The molecule has 0 amide bonds. The van der Waals surface area contributed by atoms with Gasteiger partial charge in [0, 0.05) is 19.7 Å². The Labute approximate surface area is 124 Å². The van der Waals surface area contributed by atoms with E-state index < -0.39 is 5.97 Å². The van der Waals surface area contributed by atoms with E-state index in [-0.39, 0.29) is 11.2 Å². The van der Waals surface area contributed by atoms with Crippen molar-refractivity contribution in [1.29, 1.82) is 0 Å². The van der Waals surface area contributed by atoms with Crippen LogP contribution in [0.4, 0.5) is 11.4 Å². The van der Waals surface area contributed by atoms with Crippen LogP contribution in [0.2, 0.25) is 0 Å². The number of carboxylic acid groups (broad SMARTS) is 1. The van der Waals surface area contributed by atoms with Crippen molar-refractivity contribution in [3.05, 3.63) is 23.8 Å². The van der Waals surface area contributed by atoms with Gasteiger partial charge in [0.25, 0.3) is 0 Å². The molecule has 2 fully saturated rings. The lowest BCUT2D eigenvalue weighted by Crippen LogP contribution is -2.51. The number of nitrogens with two attached hydrogens (primary N) is 1. The zero-order valence-corrected chi connectivity index (χ0v) is 12.3. The van der Waals surface area contributed by atoms with E-state index >= 15 is 0 Å². The van der Waals surface area contributed by atoms with Crippen molar-refractivity contribution in [2.75, 3.05) is 24.3 Å². The monoisotopic (exact) mass is 290 g/mol. The number of hydrogen-bond acceptors (Lipinski definition) is 4. The largest absolute Gasteiger partial charge is 0.478 e. The summed E-state index contributed by atoms with van der Waals surface area (Å²) in [5, 5.41) is 9.01. The van der Waals surface area contributed by atoms with E-state index in [4.69, 9.17) is 15.6 Å². The third-order valence-electron chi connectivity index (χ3n) is 4.93. The van der Waals surface area contributed by atoms with Crippen LogP contribution in [0.15, 0.2) is 18.2 Å². The van der Waals surface area contributed by atoms with Crippen LogP contribution < -0.4 is 10.6 Å². The molecule has 21 heavy (non-hydrogen) atoms. The molecule has 114 valence electrons. The number of carbonyl (C=O) groups is 1. The Morgan fingerprint density at radius 1 is 1.48 bits per heavy atom. The maximum absolute atomic E-state index is 11.0. The van der Waals surface area contributed by atoms with Gasteiger partial charge in [0.1, 0.15) is 0 Å². The van der Waals surface area contributed by atoms with Crippen molar-refractivity contribution in [3.63, 3.8) is 0 Å². The molecule has 1 aliphatic carbocycles. The normalized spacial score (nSPS) is 23.6. The Morgan fingerprint density at radius 2 is 2.24 bits per heavy atom. The molecule has 0 bridgehead atoms. The predicted octanol–water partition coefficient (Wildman–Crippen LogP) is 2.50. The van der Waals surface area contributed by atoms with Crippen LogP contribution in [0, 0.1) is 0 Å². The Balaban J connectivity index is 1.78. The van der Waals surface area contributed by atoms with E-state index in [0.29, 0.717) is 11.7 Å². The third kappa shape index (κ3) is 2.58. The topological polar surface area (TPSA) is 75.8 Å². The van der Waals surface area contributed by atoms with Gasteiger partial charge in [0.15, 0.2) is 0 Å². The van der Waals surface area contributed by atoms with Crippen LogP contribution >= 0.6 is 0 Å². The molecule has 0 aromatic heterocycles. The number of nitrogen functional groups attached to an aromatic ring is 1. The highest BCUT2D eigenvalue weighted by molar-refractivity contribution is 5.90. The smallest absolute Gasteiger partial charge is 0.335 e. The first-order chi connectivity index (χ1) is 10.0. The summed E-state index contributed by atoms with van der Waals surface area (Å²) in [6, 6.07) is 5.36. The fourth-order valence-corrected chi connectivity index (χ4v) is 3.46. The Kier molecular flexibility index (Phi) is 3.53. The summed E-state index contributed by atoms with van der Waals surface area (Å²) in [5.41, 5.74) is 7.79.